The Hall–Kier alpha value is -1.35. The minimum absolute atomic E-state index is 0.0711. The summed E-state index contributed by atoms with van der Waals surface area (Å²) >= 11 is 0. The minimum Gasteiger partial charge on any atom is -0.320 e. The van der Waals surface area contributed by atoms with Gasteiger partial charge in [0.1, 0.15) is 0 Å². The number of hydrogen-bond donors (Lipinski definition) is 1. The van der Waals surface area contributed by atoms with Crippen molar-refractivity contribution in [3.8, 4) is 0 Å². The average Bonchev–Trinajstić information content (AvgIpc) is 2.19. The lowest BCUT2D eigenvalue weighted by Gasteiger charge is -2.20. The third-order valence-corrected chi connectivity index (χ3v) is 2.60. The molecule has 0 aliphatic carbocycles. The molecule has 3 heteroatoms. The van der Waals surface area contributed by atoms with Gasteiger partial charge in [0, 0.05) is 12.7 Å². The molecule has 1 aromatic rings. The van der Waals surface area contributed by atoms with E-state index in [9.17, 15) is 4.79 Å². The number of amides is 1. The van der Waals surface area contributed by atoms with E-state index in [2.05, 4.69) is 0 Å². The van der Waals surface area contributed by atoms with Crippen LogP contribution in [0.15, 0.2) is 18.2 Å². The van der Waals surface area contributed by atoms with Gasteiger partial charge < -0.3 is 10.6 Å². The Morgan fingerprint density at radius 2 is 1.93 bits per heavy atom. The third kappa shape index (κ3) is 2.57. The average molecular weight is 206 g/mol. The molecule has 1 atom stereocenters. The maximum Gasteiger partial charge on any atom is 0.243 e. The second-order valence-corrected chi connectivity index (χ2v) is 3.95. The van der Waals surface area contributed by atoms with Crippen molar-refractivity contribution in [2.24, 2.45) is 5.73 Å². The number of carbonyl (C=O) groups is 1. The predicted octanol–water partition coefficient (Wildman–Crippen LogP) is 1.61. The van der Waals surface area contributed by atoms with Crippen LogP contribution in [0.5, 0.6) is 0 Å². The first kappa shape index (κ1) is 11.7. The molecule has 0 saturated carbocycles. The second-order valence-electron chi connectivity index (χ2n) is 3.95. The summed E-state index contributed by atoms with van der Waals surface area (Å²) in [6.45, 7) is 5.77. The highest BCUT2D eigenvalue weighted by molar-refractivity contribution is 5.96. The summed E-state index contributed by atoms with van der Waals surface area (Å²) in [5.41, 5.74) is 8.84. The van der Waals surface area contributed by atoms with Crippen molar-refractivity contribution in [3.63, 3.8) is 0 Å². The normalized spacial score (nSPS) is 12.3. The molecule has 2 N–H and O–H groups in total. The Balaban J connectivity index is 2.97. The van der Waals surface area contributed by atoms with Gasteiger partial charge in [0.2, 0.25) is 5.91 Å². The molecule has 1 amide bonds. The number of nitrogens with zero attached hydrogens (tertiary/aromatic N) is 1. The summed E-state index contributed by atoms with van der Waals surface area (Å²) < 4.78 is 0. The van der Waals surface area contributed by atoms with Crippen molar-refractivity contribution < 1.29 is 4.79 Å². The van der Waals surface area contributed by atoms with Crippen molar-refractivity contribution in [1.29, 1.82) is 0 Å². The van der Waals surface area contributed by atoms with Crippen LogP contribution in [0.1, 0.15) is 18.1 Å². The van der Waals surface area contributed by atoms with Crippen molar-refractivity contribution in [2.45, 2.75) is 26.8 Å². The fourth-order valence-electron chi connectivity index (χ4n) is 1.37. The molecule has 0 spiro atoms. The summed E-state index contributed by atoms with van der Waals surface area (Å²) in [4.78, 5) is 13.2. The number of carbonyl (C=O) groups excluding carboxylic acids is 1. The highest BCUT2D eigenvalue weighted by Crippen LogP contribution is 2.17. The third-order valence-electron chi connectivity index (χ3n) is 2.60. The topological polar surface area (TPSA) is 46.3 Å². The monoisotopic (exact) mass is 206 g/mol. The van der Waals surface area contributed by atoms with E-state index in [1.54, 1.807) is 18.9 Å². The van der Waals surface area contributed by atoms with Gasteiger partial charge in [-0.3, -0.25) is 4.79 Å². The van der Waals surface area contributed by atoms with E-state index >= 15 is 0 Å². The van der Waals surface area contributed by atoms with Gasteiger partial charge in [-0.25, -0.2) is 0 Å². The predicted molar refractivity (Wildman–Crippen MR) is 63.0 cm³/mol. The molecule has 82 valence electrons. The van der Waals surface area contributed by atoms with E-state index in [1.807, 2.05) is 32.0 Å². The number of likely N-dealkylation sites (N-methyl/N-ethyl adjacent to an activating group) is 1. The largest absolute Gasteiger partial charge is 0.320 e. The number of nitrogens with two attached hydrogens (primary N) is 1. The molecule has 0 aliphatic rings. The van der Waals surface area contributed by atoms with Crippen LogP contribution in [-0.4, -0.2) is 19.0 Å². The molecule has 0 heterocycles. The SMILES string of the molecule is Cc1ccc(N(C)C(=O)[C@H](C)N)cc1C. The standard InChI is InChI=1S/C12H18N2O/c1-8-5-6-11(7-9(8)2)14(4)12(15)10(3)13/h5-7,10H,13H2,1-4H3/t10-/m0/s1. The van der Waals surface area contributed by atoms with Gasteiger partial charge >= 0.3 is 0 Å². The van der Waals surface area contributed by atoms with Crippen LogP contribution < -0.4 is 10.6 Å². The van der Waals surface area contributed by atoms with E-state index in [4.69, 9.17) is 5.73 Å². The number of benzene rings is 1. The van der Waals surface area contributed by atoms with Crippen LogP contribution >= 0.6 is 0 Å². The molecule has 0 fully saturated rings. The number of hydrogen-bond acceptors (Lipinski definition) is 2. The number of anilines is 1. The zero-order valence-electron chi connectivity index (χ0n) is 9.74. The molecule has 0 aliphatic heterocycles. The van der Waals surface area contributed by atoms with Crippen molar-refractivity contribution in [3.05, 3.63) is 29.3 Å². The van der Waals surface area contributed by atoms with Gasteiger partial charge in [-0.15, -0.1) is 0 Å². The second kappa shape index (κ2) is 4.45. The fourth-order valence-corrected chi connectivity index (χ4v) is 1.37. The van der Waals surface area contributed by atoms with E-state index < -0.39 is 6.04 Å². The number of rotatable bonds is 2. The molecule has 0 aromatic heterocycles. The Labute approximate surface area is 90.9 Å². The van der Waals surface area contributed by atoms with E-state index in [-0.39, 0.29) is 5.91 Å². The van der Waals surface area contributed by atoms with Crippen LogP contribution in [0.4, 0.5) is 5.69 Å². The summed E-state index contributed by atoms with van der Waals surface area (Å²) in [7, 11) is 1.75. The maximum absolute atomic E-state index is 11.6. The lowest BCUT2D eigenvalue weighted by Crippen LogP contribution is -2.39. The van der Waals surface area contributed by atoms with Crippen molar-refractivity contribution in [2.75, 3.05) is 11.9 Å². The Morgan fingerprint density at radius 1 is 1.33 bits per heavy atom. The maximum atomic E-state index is 11.6. The molecule has 15 heavy (non-hydrogen) atoms. The molecule has 3 nitrogen and oxygen atoms in total. The molecule has 0 saturated heterocycles. The first-order valence-electron chi connectivity index (χ1n) is 5.04. The molecule has 1 aromatic carbocycles. The highest BCUT2D eigenvalue weighted by atomic mass is 16.2. The van der Waals surface area contributed by atoms with Gasteiger partial charge in [0.05, 0.1) is 6.04 Å². The van der Waals surface area contributed by atoms with Crippen LogP contribution in [0.2, 0.25) is 0 Å². The van der Waals surface area contributed by atoms with Crippen LogP contribution in [-0.2, 0) is 4.79 Å². The van der Waals surface area contributed by atoms with E-state index in [0.29, 0.717) is 0 Å². The smallest absolute Gasteiger partial charge is 0.243 e. The van der Waals surface area contributed by atoms with E-state index in [1.165, 1.54) is 11.1 Å². The Morgan fingerprint density at radius 3 is 2.40 bits per heavy atom. The van der Waals surface area contributed by atoms with Crippen LogP contribution in [0, 0.1) is 13.8 Å². The zero-order valence-corrected chi connectivity index (χ0v) is 9.74. The van der Waals surface area contributed by atoms with Gasteiger partial charge in [-0.05, 0) is 44.0 Å². The number of aryl methyl sites for hydroxylation is 2. The molecule has 0 radical (unpaired) electrons. The van der Waals surface area contributed by atoms with Gasteiger partial charge in [0.25, 0.3) is 0 Å². The lowest BCUT2D eigenvalue weighted by molar-refractivity contribution is -0.119. The summed E-state index contributed by atoms with van der Waals surface area (Å²) in [6.07, 6.45) is 0. The fraction of sp³-hybridized carbons (Fsp3) is 0.417. The van der Waals surface area contributed by atoms with Crippen molar-refractivity contribution >= 4 is 11.6 Å². The molecular formula is C12H18N2O. The molecular weight excluding hydrogens is 188 g/mol. The summed E-state index contributed by atoms with van der Waals surface area (Å²) in [5, 5.41) is 0. The zero-order chi connectivity index (χ0) is 11.6. The van der Waals surface area contributed by atoms with Gasteiger partial charge in [-0.1, -0.05) is 6.07 Å². The summed E-state index contributed by atoms with van der Waals surface area (Å²) in [6, 6.07) is 5.48. The summed E-state index contributed by atoms with van der Waals surface area (Å²) in [5.74, 6) is -0.0711. The first-order chi connectivity index (χ1) is 6.93. The Kier molecular flexibility index (Phi) is 3.48. The van der Waals surface area contributed by atoms with Crippen molar-refractivity contribution in [1.82, 2.24) is 0 Å². The van der Waals surface area contributed by atoms with Crippen LogP contribution in [0.3, 0.4) is 0 Å². The van der Waals surface area contributed by atoms with Gasteiger partial charge in [0.15, 0.2) is 0 Å². The Bertz CT molecular complexity index is 372. The molecule has 0 unspecified atom stereocenters. The van der Waals surface area contributed by atoms with E-state index in [0.717, 1.165) is 5.69 Å². The highest BCUT2D eigenvalue weighted by Gasteiger charge is 2.14. The van der Waals surface area contributed by atoms with Gasteiger partial charge in [-0.2, -0.15) is 0 Å². The lowest BCUT2D eigenvalue weighted by atomic mass is 10.1. The minimum atomic E-state index is -0.461. The quantitative estimate of drug-likeness (QED) is 0.799. The molecule has 0 bridgehead atoms. The molecule has 1 rings (SSSR count). The van der Waals surface area contributed by atoms with Crippen LogP contribution in [0.25, 0.3) is 0 Å². The first-order valence-corrected chi connectivity index (χ1v) is 5.04.